The molecule has 0 bridgehead atoms. The molecule has 2 aliphatic rings. The van der Waals surface area contributed by atoms with Crippen molar-refractivity contribution in [2.24, 2.45) is 5.92 Å². The van der Waals surface area contributed by atoms with Gasteiger partial charge < -0.3 is 19.3 Å². The Labute approximate surface area is 164 Å². The van der Waals surface area contributed by atoms with Crippen LogP contribution in [-0.2, 0) is 4.74 Å². The number of fused-ring (bicyclic) bond motifs is 1. The van der Waals surface area contributed by atoms with E-state index >= 15 is 0 Å². The van der Waals surface area contributed by atoms with Gasteiger partial charge in [-0.3, -0.25) is 10.1 Å². The summed E-state index contributed by atoms with van der Waals surface area (Å²) >= 11 is 0. The predicted molar refractivity (Wildman–Crippen MR) is 104 cm³/mol. The Bertz CT molecular complexity index is 761. The van der Waals surface area contributed by atoms with Gasteiger partial charge in [0.15, 0.2) is 0 Å². The maximum atomic E-state index is 12.5. The number of aromatic nitrogens is 1. The molecular weight excluding hydrogens is 364 g/mol. The van der Waals surface area contributed by atoms with Crippen molar-refractivity contribution in [2.45, 2.75) is 58.8 Å². The Balaban J connectivity index is 1.76. The molecule has 0 N–H and O–H groups in total. The lowest BCUT2D eigenvalue weighted by Crippen LogP contribution is -2.42. The van der Waals surface area contributed by atoms with Crippen LogP contribution in [0.2, 0.25) is 0 Å². The van der Waals surface area contributed by atoms with Crippen LogP contribution in [0.5, 0.6) is 5.88 Å². The third-order valence-corrected chi connectivity index (χ3v) is 4.87. The van der Waals surface area contributed by atoms with Gasteiger partial charge >= 0.3 is 11.8 Å². The SMILES string of the molecule is CC(C)Oc1nc(N2C[C@@H]3CCN(C(=O)OC(C)(C)C)[C@@H]3C2)ccc1[N+](=O)[O-]. The van der Waals surface area contributed by atoms with Crippen molar-refractivity contribution in [3.05, 3.63) is 22.2 Å². The van der Waals surface area contributed by atoms with E-state index in [0.29, 0.717) is 24.8 Å². The van der Waals surface area contributed by atoms with Crippen molar-refractivity contribution in [3.8, 4) is 5.88 Å². The number of carbonyl (C=O) groups excluding carboxylic acids is 1. The molecule has 0 aliphatic carbocycles. The molecule has 2 aliphatic heterocycles. The Kier molecular flexibility index (Phi) is 5.36. The highest BCUT2D eigenvalue weighted by molar-refractivity contribution is 5.69. The zero-order valence-electron chi connectivity index (χ0n) is 17.0. The van der Waals surface area contributed by atoms with Crippen molar-refractivity contribution < 1.29 is 19.2 Å². The van der Waals surface area contributed by atoms with Gasteiger partial charge in [0, 0.05) is 31.6 Å². The first-order valence-electron chi connectivity index (χ1n) is 9.62. The van der Waals surface area contributed by atoms with E-state index in [1.54, 1.807) is 24.8 Å². The van der Waals surface area contributed by atoms with Crippen LogP contribution in [-0.4, -0.2) is 58.3 Å². The molecule has 0 unspecified atom stereocenters. The molecule has 1 amide bonds. The maximum Gasteiger partial charge on any atom is 0.410 e. The van der Waals surface area contributed by atoms with Crippen molar-refractivity contribution in [1.82, 2.24) is 9.88 Å². The Hall–Kier alpha value is -2.58. The smallest absolute Gasteiger partial charge is 0.410 e. The highest BCUT2D eigenvalue weighted by Crippen LogP contribution is 2.36. The molecule has 2 atom stereocenters. The van der Waals surface area contributed by atoms with E-state index in [-0.39, 0.29) is 29.8 Å². The van der Waals surface area contributed by atoms with E-state index in [1.807, 2.05) is 20.8 Å². The van der Waals surface area contributed by atoms with Crippen molar-refractivity contribution in [2.75, 3.05) is 24.5 Å². The lowest BCUT2D eigenvalue weighted by Gasteiger charge is -2.28. The van der Waals surface area contributed by atoms with Crippen LogP contribution in [0, 0.1) is 16.0 Å². The van der Waals surface area contributed by atoms with E-state index in [2.05, 4.69) is 9.88 Å². The van der Waals surface area contributed by atoms with E-state index in [0.717, 1.165) is 13.0 Å². The standard InChI is InChI=1S/C19H28N4O5/c1-12(2)27-17-14(23(25)26)6-7-16(20-17)21-10-13-8-9-22(15(13)11-21)18(24)28-19(3,4)5/h6-7,12-13,15H,8-11H2,1-5H3/t13-,15+/m0/s1. The minimum atomic E-state index is -0.531. The monoisotopic (exact) mass is 392 g/mol. The van der Waals surface area contributed by atoms with Gasteiger partial charge in [0.1, 0.15) is 11.4 Å². The van der Waals surface area contributed by atoms with Crippen LogP contribution in [0.1, 0.15) is 41.0 Å². The predicted octanol–water partition coefficient (Wildman–Crippen LogP) is 3.22. The molecule has 3 rings (SSSR count). The summed E-state index contributed by atoms with van der Waals surface area (Å²) in [4.78, 5) is 31.5. The van der Waals surface area contributed by atoms with Gasteiger partial charge in [0.2, 0.25) is 0 Å². The Morgan fingerprint density at radius 2 is 2.04 bits per heavy atom. The molecule has 3 heterocycles. The van der Waals surface area contributed by atoms with Crippen molar-refractivity contribution in [1.29, 1.82) is 0 Å². The van der Waals surface area contributed by atoms with E-state index in [1.165, 1.54) is 6.07 Å². The van der Waals surface area contributed by atoms with Crippen LogP contribution in [0.4, 0.5) is 16.3 Å². The third kappa shape index (κ3) is 4.28. The number of nitro groups is 1. The van der Waals surface area contributed by atoms with Crippen molar-refractivity contribution in [3.63, 3.8) is 0 Å². The van der Waals surface area contributed by atoms with Gasteiger partial charge in [-0.15, -0.1) is 0 Å². The second-order valence-electron chi connectivity index (χ2n) is 8.61. The lowest BCUT2D eigenvalue weighted by molar-refractivity contribution is -0.386. The summed E-state index contributed by atoms with van der Waals surface area (Å²) in [6, 6.07) is 3.13. The van der Waals surface area contributed by atoms with Crippen LogP contribution in [0.15, 0.2) is 12.1 Å². The highest BCUT2D eigenvalue weighted by Gasteiger charge is 2.45. The molecule has 2 saturated heterocycles. The summed E-state index contributed by atoms with van der Waals surface area (Å²) in [5.74, 6) is 0.984. The number of hydrogen-bond donors (Lipinski definition) is 0. The molecule has 28 heavy (non-hydrogen) atoms. The van der Waals surface area contributed by atoms with Crippen LogP contribution in [0.25, 0.3) is 0 Å². The summed E-state index contributed by atoms with van der Waals surface area (Å²) in [7, 11) is 0. The molecule has 154 valence electrons. The van der Waals surface area contributed by atoms with Crippen molar-refractivity contribution >= 4 is 17.6 Å². The zero-order valence-corrected chi connectivity index (χ0v) is 17.0. The van der Waals surface area contributed by atoms with E-state index in [9.17, 15) is 14.9 Å². The summed E-state index contributed by atoms with van der Waals surface area (Å²) < 4.78 is 11.1. The number of nitrogens with zero attached hydrogens (tertiary/aromatic N) is 4. The number of carbonyl (C=O) groups is 1. The molecule has 2 fully saturated rings. The molecular formula is C19H28N4O5. The number of hydrogen-bond acceptors (Lipinski definition) is 7. The van der Waals surface area contributed by atoms with Gasteiger partial charge in [-0.1, -0.05) is 0 Å². The Morgan fingerprint density at radius 1 is 1.32 bits per heavy atom. The first kappa shape index (κ1) is 20.2. The molecule has 1 aromatic rings. The van der Waals surface area contributed by atoms with Crippen LogP contribution < -0.4 is 9.64 Å². The summed E-state index contributed by atoms with van der Waals surface area (Å²) in [5.41, 5.74) is -0.677. The normalized spacial score (nSPS) is 21.8. The first-order chi connectivity index (χ1) is 13.0. The number of likely N-dealkylation sites (tertiary alicyclic amines) is 1. The number of anilines is 1. The minimum Gasteiger partial charge on any atom is -0.470 e. The number of pyridine rings is 1. The van der Waals surface area contributed by atoms with Gasteiger partial charge in [-0.25, -0.2) is 4.79 Å². The topological polar surface area (TPSA) is 98.0 Å². The summed E-state index contributed by atoms with van der Waals surface area (Å²) in [5, 5.41) is 11.2. The molecule has 0 aromatic carbocycles. The second-order valence-corrected chi connectivity index (χ2v) is 8.61. The summed E-state index contributed by atoms with van der Waals surface area (Å²) in [6.45, 7) is 11.2. The fraction of sp³-hybridized carbons (Fsp3) is 0.684. The Morgan fingerprint density at radius 3 is 2.64 bits per heavy atom. The average Bonchev–Trinajstić information content (AvgIpc) is 3.12. The maximum absolute atomic E-state index is 12.5. The van der Waals surface area contributed by atoms with Gasteiger partial charge in [0.05, 0.1) is 17.1 Å². The number of rotatable bonds is 4. The van der Waals surface area contributed by atoms with E-state index < -0.39 is 10.5 Å². The molecule has 0 radical (unpaired) electrons. The molecule has 9 heteroatoms. The number of amides is 1. The number of ether oxygens (including phenoxy) is 2. The fourth-order valence-corrected chi connectivity index (χ4v) is 3.74. The molecule has 1 aromatic heterocycles. The average molecular weight is 392 g/mol. The lowest BCUT2D eigenvalue weighted by atomic mass is 10.1. The molecule has 0 spiro atoms. The highest BCUT2D eigenvalue weighted by atomic mass is 16.6. The van der Waals surface area contributed by atoms with Gasteiger partial charge in [-0.2, -0.15) is 4.98 Å². The summed E-state index contributed by atoms with van der Waals surface area (Å²) in [6.07, 6.45) is 0.396. The molecule has 0 saturated carbocycles. The fourth-order valence-electron chi connectivity index (χ4n) is 3.74. The first-order valence-corrected chi connectivity index (χ1v) is 9.62. The zero-order chi connectivity index (χ0) is 20.6. The largest absolute Gasteiger partial charge is 0.470 e. The second kappa shape index (κ2) is 7.44. The van der Waals surface area contributed by atoms with Crippen LogP contribution >= 0.6 is 0 Å². The molecule has 9 nitrogen and oxygen atoms in total. The quantitative estimate of drug-likeness (QED) is 0.573. The van der Waals surface area contributed by atoms with E-state index in [4.69, 9.17) is 9.47 Å². The third-order valence-electron chi connectivity index (χ3n) is 4.87. The van der Waals surface area contributed by atoms with Crippen LogP contribution in [0.3, 0.4) is 0 Å². The van der Waals surface area contributed by atoms with Gasteiger partial charge in [-0.05, 0) is 47.1 Å². The minimum absolute atomic E-state index is 0.0264. The van der Waals surface area contributed by atoms with Gasteiger partial charge in [0.25, 0.3) is 5.88 Å².